The molecule has 7 nitrogen and oxygen atoms in total. The van der Waals surface area contributed by atoms with E-state index in [0.29, 0.717) is 19.6 Å². The number of nitrogens with zero attached hydrogens (tertiary/aromatic N) is 4. The zero-order valence-corrected chi connectivity index (χ0v) is 16.8. The van der Waals surface area contributed by atoms with Crippen molar-refractivity contribution in [3.05, 3.63) is 77.4 Å². The van der Waals surface area contributed by atoms with Gasteiger partial charge >= 0.3 is 0 Å². The Morgan fingerprint density at radius 3 is 2.66 bits per heavy atom. The maximum Gasteiger partial charge on any atom is 0.192 e. The van der Waals surface area contributed by atoms with Gasteiger partial charge < -0.3 is 19.9 Å². The first-order valence-corrected chi connectivity index (χ1v) is 9.84. The number of aliphatic imine (C=N–C) groups is 1. The number of fused-ring (bicyclic) bond motifs is 1. The summed E-state index contributed by atoms with van der Waals surface area (Å²) < 4.78 is 8.00. The van der Waals surface area contributed by atoms with E-state index < -0.39 is 0 Å². The highest BCUT2D eigenvalue weighted by molar-refractivity contribution is 5.79. The first kappa shape index (κ1) is 19.0. The first-order valence-electron chi connectivity index (χ1n) is 9.84. The van der Waals surface area contributed by atoms with Crippen LogP contribution in [-0.2, 0) is 26.6 Å². The number of hydrogen-bond acceptors (Lipinski definition) is 4. The predicted octanol–water partition coefficient (Wildman–Crippen LogP) is 2.36. The van der Waals surface area contributed by atoms with E-state index in [1.165, 1.54) is 5.56 Å². The number of guanidine groups is 1. The average Bonchev–Trinajstić information content (AvgIpc) is 3.31. The van der Waals surface area contributed by atoms with Gasteiger partial charge in [0.1, 0.15) is 17.7 Å². The van der Waals surface area contributed by atoms with Crippen LogP contribution in [0.2, 0.25) is 0 Å². The molecule has 1 aromatic heterocycles. The average molecular weight is 390 g/mol. The lowest BCUT2D eigenvalue weighted by Gasteiger charge is -2.16. The number of benzene rings is 2. The highest BCUT2D eigenvalue weighted by atomic mass is 16.5. The fourth-order valence-electron chi connectivity index (χ4n) is 3.27. The van der Waals surface area contributed by atoms with Gasteiger partial charge in [-0.3, -0.25) is 0 Å². The highest BCUT2D eigenvalue weighted by Gasteiger charge is 2.22. The Balaban J connectivity index is 1.39. The third kappa shape index (κ3) is 4.74. The molecule has 0 fully saturated rings. The van der Waals surface area contributed by atoms with Crippen LogP contribution < -0.4 is 15.4 Å². The van der Waals surface area contributed by atoms with E-state index in [2.05, 4.69) is 45.1 Å². The van der Waals surface area contributed by atoms with Crippen LogP contribution in [0.25, 0.3) is 0 Å². The number of ether oxygens (including phenoxy) is 1. The molecule has 2 N–H and O–H groups in total. The molecule has 0 aliphatic carbocycles. The summed E-state index contributed by atoms with van der Waals surface area (Å²) in [5.41, 5.74) is 2.41. The van der Waals surface area contributed by atoms with Gasteiger partial charge in [-0.05, 0) is 24.1 Å². The Morgan fingerprint density at radius 2 is 1.90 bits per heavy atom. The fraction of sp³-hybridized carbons (Fsp3) is 0.318. The molecule has 7 heteroatoms. The van der Waals surface area contributed by atoms with Crippen molar-refractivity contribution in [1.29, 1.82) is 0 Å². The molecule has 4 rings (SSSR count). The molecule has 0 amide bonds. The SMILES string of the molecule is Cc1nnc(CNC(=NCc2ccccc2)NCC2Cc3ccccc3O2)n1C. The van der Waals surface area contributed by atoms with Gasteiger partial charge in [0.2, 0.25) is 0 Å². The van der Waals surface area contributed by atoms with Crippen molar-refractivity contribution in [2.45, 2.75) is 32.5 Å². The van der Waals surface area contributed by atoms with E-state index in [1.807, 2.05) is 48.9 Å². The second-order valence-corrected chi connectivity index (χ2v) is 7.16. The Morgan fingerprint density at radius 1 is 1.10 bits per heavy atom. The highest BCUT2D eigenvalue weighted by Crippen LogP contribution is 2.27. The Bertz CT molecular complexity index is 957. The van der Waals surface area contributed by atoms with E-state index in [0.717, 1.165) is 35.3 Å². The summed E-state index contributed by atoms with van der Waals surface area (Å²) in [6.07, 6.45) is 0.991. The maximum atomic E-state index is 6.03. The topological polar surface area (TPSA) is 76.4 Å². The number of rotatable bonds is 6. The molecule has 3 aromatic rings. The standard InChI is InChI=1S/C22H26N6O/c1-16-26-27-21(28(16)2)15-25-22(23-13-17-8-4-3-5-9-17)24-14-19-12-18-10-6-7-11-20(18)29-19/h3-11,19H,12-15H2,1-2H3,(H2,23,24,25). The second kappa shape index (κ2) is 8.77. The van der Waals surface area contributed by atoms with Crippen molar-refractivity contribution in [1.82, 2.24) is 25.4 Å². The van der Waals surface area contributed by atoms with Crippen LogP contribution in [-0.4, -0.2) is 33.4 Å². The molecule has 0 saturated carbocycles. The normalized spacial score (nSPS) is 15.7. The van der Waals surface area contributed by atoms with Crippen molar-refractivity contribution in [2.75, 3.05) is 6.54 Å². The van der Waals surface area contributed by atoms with Crippen LogP contribution in [0.5, 0.6) is 5.75 Å². The van der Waals surface area contributed by atoms with Gasteiger partial charge in [0.05, 0.1) is 19.6 Å². The van der Waals surface area contributed by atoms with Crippen LogP contribution in [0.4, 0.5) is 0 Å². The molecular weight excluding hydrogens is 364 g/mol. The number of hydrogen-bond donors (Lipinski definition) is 2. The van der Waals surface area contributed by atoms with Crippen molar-refractivity contribution >= 4 is 5.96 Å². The van der Waals surface area contributed by atoms with Crippen LogP contribution >= 0.6 is 0 Å². The molecule has 150 valence electrons. The van der Waals surface area contributed by atoms with E-state index in [4.69, 9.17) is 9.73 Å². The minimum atomic E-state index is 0.0909. The largest absolute Gasteiger partial charge is 0.488 e. The third-order valence-electron chi connectivity index (χ3n) is 5.07. The molecule has 1 unspecified atom stereocenters. The number of aryl methyl sites for hydroxylation is 1. The molecule has 0 spiro atoms. The first-order chi connectivity index (χ1) is 14.2. The zero-order valence-electron chi connectivity index (χ0n) is 16.8. The summed E-state index contributed by atoms with van der Waals surface area (Å²) in [5.74, 6) is 3.45. The van der Waals surface area contributed by atoms with Gasteiger partial charge in [-0.2, -0.15) is 0 Å². The van der Waals surface area contributed by atoms with Crippen LogP contribution in [0.15, 0.2) is 59.6 Å². The number of para-hydroxylation sites is 1. The minimum absolute atomic E-state index is 0.0909. The summed E-state index contributed by atoms with van der Waals surface area (Å²) >= 11 is 0. The molecule has 29 heavy (non-hydrogen) atoms. The molecule has 0 bridgehead atoms. The fourth-order valence-corrected chi connectivity index (χ4v) is 3.27. The molecule has 1 atom stereocenters. The monoisotopic (exact) mass is 390 g/mol. The minimum Gasteiger partial charge on any atom is -0.488 e. The van der Waals surface area contributed by atoms with Gasteiger partial charge in [0.15, 0.2) is 11.8 Å². The van der Waals surface area contributed by atoms with E-state index in [1.54, 1.807) is 0 Å². The molecule has 1 aliphatic rings. The van der Waals surface area contributed by atoms with Crippen LogP contribution in [0.3, 0.4) is 0 Å². The Hall–Kier alpha value is -3.35. The van der Waals surface area contributed by atoms with Crippen molar-refractivity contribution < 1.29 is 4.74 Å². The summed E-state index contributed by atoms with van der Waals surface area (Å²) in [4.78, 5) is 4.74. The number of nitrogens with one attached hydrogen (secondary N) is 2. The van der Waals surface area contributed by atoms with Crippen LogP contribution in [0, 0.1) is 6.92 Å². The third-order valence-corrected chi connectivity index (χ3v) is 5.07. The maximum absolute atomic E-state index is 6.03. The molecule has 2 heterocycles. The van der Waals surface area contributed by atoms with Gasteiger partial charge in [-0.1, -0.05) is 48.5 Å². The lowest BCUT2D eigenvalue weighted by Crippen LogP contribution is -2.42. The lowest BCUT2D eigenvalue weighted by atomic mass is 10.1. The molecule has 2 aromatic carbocycles. The van der Waals surface area contributed by atoms with Crippen molar-refractivity contribution in [3.8, 4) is 5.75 Å². The quantitative estimate of drug-likeness (QED) is 0.499. The summed E-state index contributed by atoms with van der Waals surface area (Å²) in [6, 6.07) is 18.4. The Labute approximate surface area is 170 Å². The van der Waals surface area contributed by atoms with Crippen molar-refractivity contribution in [2.24, 2.45) is 12.0 Å². The Kier molecular flexibility index (Phi) is 5.74. The van der Waals surface area contributed by atoms with Gasteiger partial charge in [0, 0.05) is 13.5 Å². The van der Waals surface area contributed by atoms with Crippen LogP contribution in [0.1, 0.15) is 22.8 Å². The molecular formula is C22H26N6O. The predicted molar refractivity (Wildman–Crippen MR) is 113 cm³/mol. The van der Waals surface area contributed by atoms with E-state index in [-0.39, 0.29) is 6.10 Å². The van der Waals surface area contributed by atoms with Gasteiger partial charge in [-0.25, -0.2) is 4.99 Å². The second-order valence-electron chi connectivity index (χ2n) is 7.16. The van der Waals surface area contributed by atoms with E-state index >= 15 is 0 Å². The summed E-state index contributed by atoms with van der Waals surface area (Å²) in [6.45, 7) is 3.75. The molecule has 0 saturated heterocycles. The molecule has 0 radical (unpaired) electrons. The molecule has 1 aliphatic heterocycles. The summed E-state index contributed by atoms with van der Waals surface area (Å²) in [5, 5.41) is 15.1. The zero-order chi connectivity index (χ0) is 20.1. The lowest BCUT2D eigenvalue weighted by molar-refractivity contribution is 0.235. The van der Waals surface area contributed by atoms with Crippen molar-refractivity contribution in [3.63, 3.8) is 0 Å². The summed E-state index contributed by atoms with van der Waals surface area (Å²) in [7, 11) is 1.96. The van der Waals surface area contributed by atoms with E-state index in [9.17, 15) is 0 Å². The van der Waals surface area contributed by atoms with Gasteiger partial charge in [-0.15, -0.1) is 10.2 Å². The van der Waals surface area contributed by atoms with Gasteiger partial charge in [0.25, 0.3) is 0 Å². The number of aromatic nitrogens is 3. The smallest absolute Gasteiger partial charge is 0.192 e.